The molecule has 9 aromatic rings. The number of likely N-dealkylation sites (tertiary alicyclic amines) is 3. The summed E-state index contributed by atoms with van der Waals surface area (Å²) in [6, 6.07) is 13.7. The highest BCUT2D eigenvalue weighted by molar-refractivity contribution is 5.89. The summed E-state index contributed by atoms with van der Waals surface area (Å²) in [5.41, 5.74) is 3.03. The maximum absolute atomic E-state index is 15.3. The lowest BCUT2D eigenvalue weighted by Gasteiger charge is -2.41. The van der Waals surface area contributed by atoms with Crippen molar-refractivity contribution < 1.29 is 58.3 Å². The second kappa shape index (κ2) is 32.5. The maximum atomic E-state index is 15.3. The third-order valence-corrected chi connectivity index (χ3v) is 22.4. The molecule has 1 unspecified atom stereocenters. The van der Waals surface area contributed by atoms with E-state index in [2.05, 4.69) is 78.5 Å². The first-order valence-electron chi connectivity index (χ1n) is 37.6. The lowest BCUT2D eigenvalue weighted by atomic mass is 9.90. The van der Waals surface area contributed by atoms with Crippen LogP contribution >= 0.6 is 0 Å². The Hall–Kier alpha value is -9.10. The first-order valence-corrected chi connectivity index (χ1v) is 37.6. The molecule has 0 spiro atoms. The summed E-state index contributed by atoms with van der Waals surface area (Å²) in [5, 5.41) is 0.332. The highest BCUT2D eigenvalue weighted by Gasteiger charge is 2.40. The topological polar surface area (TPSA) is 201 Å². The molecule has 2 aromatic carbocycles. The summed E-state index contributed by atoms with van der Waals surface area (Å²) < 4.78 is 138. The molecule has 6 aliphatic rings. The molecule has 21 nitrogen and oxygen atoms in total. The van der Waals surface area contributed by atoms with Crippen LogP contribution in [-0.4, -0.2) is 166 Å². The molecule has 0 amide bonds. The van der Waals surface area contributed by atoms with Crippen molar-refractivity contribution in [1.29, 1.82) is 0 Å². The number of fused-ring (bicyclic) bond motifs is 3. The van der Waals surface area contributed by atoms with E-state index < -0.39 is 46.7 Å². The van der Waals surface area contributed by atoms with Crippen LogP contribution in [0.2, 0.25) is 0 Å². The van der Waals surface area contributed by atoms with Crippen molar-refractivity contribution in [3.05, 3.63) is 144 Å². The van der Waals surface area contributed by atoms with Gasteiger partial charge in [-0.2, -0.15) is 39.5 Å². The molecule has 10 heterocycles. The number of aromatic nitrogens is 12. The summed E-state index contributed by atoms with van der Waals surface area (Å²) in [6.45, 7) is 20.0. The normalized spacial score (nSPS) is 18.0. The summed E-state index contributed by atoms with van der Waals surface area (Å²) >= 11 is 0. The van der Waals surface area contributed by atoms with E-state index in [1.807, 2.05) is 42.9 Å². The third-order valence-electron chi connectivity index (χ3n) is 22.4. The number of carbonyl (C=O) groups excluding carboxylic acids is 3. The van der Waals surface area contributed by atoms with Crippen molar-refractivity contribution in [2.45, 2.75) is 206 Å². The Morgan fingerprint density at radius 2 is 0.890 bits per heavy atom. The van der Waals surface area contributed by atoms with Crippen LogP contribution in [-0.2, 0) is 72.2 Å². The second-order valence-corrected chi connectivity index (χ2v) is 30.8. The van der Waals surface area contributed by atoms with Gasteiger partial charge >= 0.3 is 18.5 Å². The molecule has 3 aliphatic carbocycles. The number of rotatable bonds is 24. The Kier molecular flexibility index (Phi) is 23.2. The smallest absolute Gasteiger partial charge is 0.348 e. The van der Waals surface area contributed by atoms with E-state index in [1.54, 1.807) is 33.4 Å². The number of Topliss-reactive ketones (excluding diaryl/α,β-unsaturated/α-hetero) is 3. The Labute approximate surface area is 625 Å². The summed E-state index contributed by atoms with van der Waals surface area (Å²) in [4.78, 5) is 87.9. The standard InChI is InChI=1S/C27H33F3N6O.C26H31F3N6O.C25H28F4N6O/c1-18(37)26(2,3)35-12-10-20(11-13-35)14-34-17-33-23-24(34)31-16-32-25(23)36(22-8-9-22)15-19-4-6-21(7-5-19)27(28,29)30;1-17(18(2)36)33-11-9-20(10-12-33)13-34-16-32-23-24(34)30-15-31-25(23)35(22-7-8-22)14-19-3-5-21(6-4-19)26(27,28)29;1-16(36)11-33-8-6-17(7-9-33)12-34-14-20(26)22-23(34)31-15-32-24(22)35(19-3-4-19)13-18-2-5-21(30-10-18)25(27,28)29/h4-7,16-17,20,22H,8-15H2,1-3H3;3-6,15-17,20,22H,7-14H2,1-2H3;2,5,10,14-15,17,19H,3-4,6-9,11-13H2,1H3. The number of hydrogen-bond donors (Lipinski definition) is 0. The number of pyridine rings is 1. The molecule has 0 bridgehead atoms. The zero-order valence-corrected chi connectivity index (χ0v) is 62.1. The van der Waals surface area contributed by atoms with E-state index in [4.69, 9.17) is 0 Å². The third kappa shape index (κ3) is 18.9. The molecule has 3 aliphatic heterocycles. The SMILES string of the molecule is CC(=O)C(C)(C)N1CCC(Cn2cnc3c(N(Cc4ccc(C(F)(F)F)cc4)C4CC4)ncnc32)CC1.CC(=O)C(C)N1CCC(Cn2cnc3c(N(Cc4ccc(C(F)(F)F)cc4)C4CC4)ncnc32)CC1.CC(=O)CN1CCC(Cn2cc(F)c3c(N(Cc4ccc(C(F)(F)F)nc4)C4CC4)ncnc32)CC1. The van der Waals surface area contributed by atoms with E-state index in [0.717, 1.165) is 205 Å². The average Bonchev–Trinajstić information content (AvgIpc) is 1.63. The van der Waals surface area contributed by atoms with Gasteiger partial charge in [0.25, 0.3) is 0 Å². The van der Waals surface area contributed by atoms with Crippen molar-refractivity contribution in [3.63, 3.8) is 0 Å². The fraction of sp³-hybridized carbons (Fsp3) is 0.538. The molecule has 1 atom stereocenters. The van der Waals surface area contributed by atoms with E-state index in [1.165, 1.54) is 49.1 Å². The number of nitrogens with zero attached hydrogens (tertiary/aromatic N) is 18. The Morgan fingerprint density at radius 1 is 0.477 bits per heavy atom. The molecule has 3 saturated carbocycles. The number of carbonyl (C=O) groups is 3. The largest absolute Gasteiger partial charge is 0.433 e. The number of anilines is 3. The maximum Gasteiger partial charge on any atom is 0.433 e. The van der Waals surface area contributed by atoms with Gasteiger partial charge in [0.1, 0.15) is 53.5 Å². The monoisotopic (exact) mass is 1520 g/mol. The number of halogens is 10. The molecular weight excluding hydrogens is 1430 g/mol. The number of benzene rings is 2. The van der Waals surface area contributed by atoms with Crippen LogP contribution in [0, 0.1) is 23.6 Å². The van der Waals surface area contributed by atoms with Gasteiger partial charge in [-0.05, 0) is 223 Å². The van der Waals surface area contributed by atoms with Gasteiger partial charge in [0.15, 0.2) is 39.8 Å². The van der Waals surface area contributed by atoms with E-state index in [9.17, 15) is 53.9 Å². The van der Waals surface area contributed by atoms with Crippen molar-refractivity contribution in [2.75, 3.05) is 60.5 Å². The summed E-state index contributed by atoms with van der Waals surface area (Å²) in [7, 11) is 0. The van der Waals surface area contributed by atoms with Crippen molar-refractivity contribution in [2.24, 2.45) is 17.8 Å². The number of hydrogen-bond acceptors (Lipinski definition) is 18. The van der Waals surface area contributed by atoms with Crippen LogP contribution in [0.4, 0.5) is 61.4 Å². The number of alkyl halides is 9. The first-order chi connectivity index (χ1) is 51.9. The molecule has 7 aromatic heterocycles. The van der Waals surface area contributed by atoms with Crippen LogP contribution in [0.15, 0.2) is 105 Å². The van der Waals surface area contributed by atoms with Crippen LogP contribution < -0.4 is 14.7 Å². The van der Waals surface area contributed by atoms with E-state index in [0.29, 0.717) is 78.4 Å². The predicted molar refractivity (Wildman–Crippen MR) is 391 cm³/mol. The summed E-state index contributed by atoms with van der Waals surface area (Å²) in [5.74, 6) is 3.32. The van der Waals surface area contributed by atoms with Crippen LogP contribution in [0.3, 0.4) is 0 Å². The zero-order valence-electron chi connectivity index (χ0n) is 62.1. The van der Waals surface area contributed by atoms with Crippen molar-refractivity contribution in [1.82, 2.24) is 73.3 Å². The van der Waals surface area contributed by atoms with E-state index in [-0.39, 0.29) is 36.0 Å². The minimum absolute atomic E-state index is 0.0339. The second-order valence-electron chi connectivity index (χ2n) is 30.8. The molecule has 0 radical (unpaired) electrons. The quantitative estimate of drug-likeness (QED) is 0.0516. The van der Waals surface area contributed by atoms with Crippen LogP contribution in [0.1, 0.15) is 152 Å². The minimum atomic E-state index is -4.50. The van der Waals surface area contributed by atoms with Gasteiger partial charge < -0.3 is 28.4 Å². The van der Waals surface area contributed by atoms with Gasteiger partial charge in [-0.1, -0.05) is 30.3 Å². The van der Waals surface area contributed by atoms with Gasteiger partial charge in [-0.3, -0.25) is 34.1 Å². The number of ketones is 3. The summed E-state index contributed by atoms with van der Waals surface area (Å²) in [6.07, 6.45) is 9.38. The first kappa shape index (κ1) is 78.0. The molecular formula is C78H92F10N18O3. The molecule has 6 fully saturated rings. The minimum Gasteiger partial charge on any atom is -0.348 e. The molecule has 31 heteroatoms. The van der Waals surface area contributed by atoms with Gasteiger partial charge in [0, 0.05) is 69.8 Å². The fourth-order valence-electron chi connectivity index (χ4n) is 15.2. The lowest BCUT2D eigenvalue weighted by Crippen LogP contribution is -2.52. The average molecular weight is 1520 g/mol. The number of imidazole rings is 2. The number of piperidine rings is 3. The lowest BCUT2D eigenvalue weighted by molar-refractivity contribution is -0.141. The van der Waals surface area contributed by atoms with Crippen molar-refractivity contribution >= 4 is 68.2 Å². The Morgan fingerprint density at radius 3 is 1.30 bits per heavy atom. The predicted octanol–water partition coefficient (Wildman–Crippen LogP) is 14.3. The van der Waals surface area contributed by atoms with Gasteiger partial charge in [-0.25, -0.2) is 44.3 Å². The highest BCUT2D eigenvalue weighted by atomic mass is 19.4. The van der Waals surface area contributed by atoms with Gasteiger partial charge in [-0.15, -0.1) is 0 Å². The highest BCUT2D eigenvalue weighted by Crippen LogP contribution is 2.41. The molecule has 582 valence electrons. The van der Waals surface area contributed by atoms with Crippen molar-refractivity contribution in [3.8, 4) is 0 Å². The Balaban J connectivity index is 0.000000144. The Bertz CT molecular complexity index is 4620. The van der Waals surface area contributed by atoms with Gasteiger partial charge in [0.2, 0.25) is 0 Å². The zero-order chi connectivity index (χ0) is 77.3. The molecule has 15 rings (SSSR count). The van der Waals surface area contributed by atoms with Crippen LogP contribution in [0.5, 0.6) is 0 Å². The van der Waals surface area contributed by atoms with Crippen LogP contribution in [0.25, 0.3) is 33.4 Å². The molecule has 3 saturated heterocycles. The van der Waals surface area contributed by atoms with Gasteiger partial charge in [0.05, 0.1) is 47.3 Å². The molecule has 0 N–H and O–H groups in total. The fourth-order valence-corrected chi connectivity index (χ4v) is 15.2. The van der Waals surface area contributed by atoms with E-state index >= 15 is 4.39 Å². The molecule has 109 heavy (non-hydrogen) atoms.